The van der Waals surface area contributed by atoms with Crippen LogP contribution in [0.2, 0.25) is 0 Å². The lowest BCUT2D eigenvalue weighted by molar-refractivity contribution is 0.102. The average Bonchev–Trinajstić information content (AvgIpc) is 3.27. The van der Waals surface area contributed by atoms with Crippen molar-refractivity contribution in [3.05, 3.63) is 84.1 Å². The molecule has 0 saturated carbocycles. The van der Waals surface area contributed by atoms with Crippen LogP contribution in [0, 0.1) is 5.82 Å². The van der Waals surface area contributed by atoms with Crippen molar-refractivity contribution in [2.24, 2.45) is 0 Å². The normalized spacial score (nSPS) is 10.9. The number of amides is 1. The van der Waals surface area contributed by atoms with Crippen molar-refractivity contribution >= 4 is 22.6 Å². The number of nitrogens with zero attached hydrogens (tertiary/aromatic N) is 2. The first kappa shape index (κ1) is 15.1. The molecule has 1 N–H and O–H groups in total. The van der Waals surface area contributed by atoms with Gasteiger partial charge in [-0.3, -0.25) is 9.48 Å². The molecule has 2 heterocycles. The molecule has 0 aliphatic heterocycles. The summed E-state index contributed by atoms with van der Waals surface area (Å²) in [6.45, 7) is 0.475. The summed E-state index contributed by atoms with van der Waals surface area (Å²) in [4.78, 5) is 12.3. The molecule has 1 amide bonds. The Bertz CT molecular complexity index is 1020. The van der Waals surface area contributed by atoms with Gasteiger partial charge in [-0.25, -0.2) is 4.39 Å². The van der Waals surface area contributed by atoms with Gasteiger partial charge in [-0.15, -0.1) is 0 Å². The third-order valence-corrected chi connectivity index (χ3v) is 3.92. The van der Waals surface area contributed by atoms with Gasteiger partial charge in [0.1, 0.15) is 12.1 Å². The van der Waals surface area contributed by atoms with Crippen molar-refractivity contribution in [2.45, 2.75) is 6.54 Å². The van der Waals surface area contributed by atoms with Crippen molar-refractivity contribution in [1.29, 1.82) is 0 Å². The highest BCUT2D eigenvalue weighted by molar-refractivity contribution is 6.07. The van der Waals surface area contributed by atoms with Crippen LogP contribution in [0.4, 0.5) is 10.2 Å². The summed E-state index contributed by atoms with van der Waals surface area (Å²) in [6, 6.07) is 15.5. The minimum atomic E-state index is -0.286. The van der Waals surface area contributed by atoms with E-state index in [9.17, 15) is 9.18 Å². The highest BCUT2D eigenvalue weighted by atomic mass is 19.1. The van der Waals surface area contributed by atoms with Gasteiger partial charge in [0.15, 0.2) is 5.82 Å². The van der Waals surface area contributed by atoms with E-state index in [-0.39, 0.29) is 11.7 Å². The Morgan fingerprint density at radius 2 is 1.92 bits per heavy atom. The SMILES string of the molecule is O=C(Nc1nn(Cc2ccc(F)cc2)c2ccccc12)c1ccoc1. The van der Waals surface area contributed by atoms with Crippen LogP contribution in [0.1, 0.15) is 15.9 Å². The summed E-state index contributed by atoms with van der Waals surface area (Å²) in [5, 5.41) is 8.16. The lowest BCUT2D eigenvalue weighted by Crippen LogP contribution is -2.12. The number of hydrogen-bond donors (Lipinski definition) is 1. The number of carbonyl (C=O) groups excluding carboxylic acids is 1. The maximum atomic E-state index is 13.1. The largest absolute Gasteiger partial charge is 0.472 e. The van der Waals surface area contributed by atoms with Crippen LogP contribution in [0.25, 0.3) is 10.9 Å². The number of rotatable bonds is 4. The van der Waals surface area contributed by atoms with Gasteiger partial charge in [-0.05, 0) is 35.9 Å². The van der Waals surface area contributed by atoms with Gasteiger partial charge >= 0.3 is 0 Å². The Morgan fingerprint density at radius 3 is 2.68 bits per heavy atom. The number of hydrogen-bond acceptors (Lipinski definition) is 3. The Balaban J connectivity index is 1.68. The van der Waals surface area contributed by atoms with E-state index in [2.05, 4.69) is 10.4 Å². The van der Waals surface area contributed by atoms with Gasteiger partial charge in [-0.2, -0.15) is 5.10 Å². The summed E-state index contributed by atoms with van der Waals surface area (Å²) in [7, 11) is 0. The molecule has 0 fully saturated rings. The monoisotopic (exact) mass is 335 g/mol. The van der Waals surface area contributed by atoms with Crippen molar-refractivity contribution < 1.29 is 13.6 Å². The van der Waals surface area contributed by atoms with Gasteiger partial charge < -0.3 is 9.73 Å². The van der Waals surface area contributed by atoms with Gasteiger partial charge in [0.05, 0.1) is 23.9 Å². The highest BCUT2D eigenvalue weighted by Gasteiger charge is 2.14. The number of benzene rings is 2. The second-order valence-electron chi connectivity index (χ2n) is 5.62. The third-order valence-electron chi connectivity index (χ3n) is 3.92. The van der Waals surface area contributed by atoms with E-state index in [0.29, 0.717) is 17.9 Å². The lowest BCUT2D eigenvalue weighted by atomic mass is 10.2. The summed E-state index contributed by atoms with van der Waals surface area (Å²) >= 11 is 0. The zero-order chi connectivity index (χ0) is 17.2. The van der Waals surface area contributed by atoms with Crippen LogP contribution in [-0.2, 0) is 6.54 Å². The van der Waals surface area contributed by atoms with Crippen molar-refractivity contribution in [1.82, 2.24) is 9.78 Å². The minimum Gasteiger partial charge on any atom is -0.472 e. The van der Waals surface area contributed by atoms with Crippen LogP contribution < -0.4 is 5.32 Å². The second-order valence-corrected chi connectivity index (χ2v) is 5.62. The van der Waals surface area contributed by atoms with Crippen LogP contribution in [0.3, 0.4) is 0 Å². The molecule has 2 aromatic heterocycles. The summed E-state index contributed by atoms with van der Waals surface area (Å²) in [5.41, 5.74) is 2.23. The minimum absolute atomic E-state index is 0.276. The molecule has 0 aliphatic rings. The van der Waals surface area contributed by atoms with Gasteiger partial charge in [0, 0.05) is 5.39 Å². The molecule has 6 heteroatoms. The molecule has 0 aliphatic carbocycles. The maximum absolute atomic E-state index is 13.1. The molecule has 0 spiro atoms. The lowest BCUT2D eigenvalue weighted by Gasteiger charge is -2.03. The number of para-hydroxylation sites is 1. The quantitative estimate of drug-likeness (QED) is 0.611. The third kappa shape index (κ3) is 3.01. The molecule has 0 bridgehead atoms. The number of nitrogens with one attached hydrogen (secondary N) is 1. The Kier molecular flexibility index (Phi) is 3.78. The van der Waals surface area contributed by atoms with Crippen LogP contribution in [0.5, 0.6) is 0 Å². The van der Waals surface area contributed by atoms with Crippen LogP contribution in [-0.4, -0.2) is 15.7 Å². The number of fused-ring (bicyclic) bond motifs is 1. The second kappa shape index (κ2) is 6.24. The molecule has 5 nitrogen and oxygen atoms in total. The zero-order valence-electron chi connectivity index (χ0n) is 13.1. The molecular weight excluding hydrogens is 321 g/mol. The molecular formula is C19H14FN3O2. The maximum Gasteiger partial charge on any atom is 0.260 e. The Morgan fingerprint density at radius 1 is 1.12 bits per heavy atom. The summed E-state index contributed by atoms with van der Waals surface area (Å²) in [5.74, 6) is -0.0861. The van der Waals surface area contributed by atoms with Crippen molar-refractivity contribution in [2.75, 3.05) is 5.32 Å². The fraction of sp³-hybridized carbons (Fsp3) is 0.0526. The molecule has 0 saturated heterocycles. The highest BCUT2D eigenvalue weighted by Crippen LogP contribution is 2.24. The van der Waals surface area contributed by atoms with E-state index in [1.807, 2.05) is 24.3 Å². The van der Waals surface area contributed by atoms with E-state index < -0.39 is 0 Å². The Hall–Kier alpha value is -3.41. The number of anilines is 1. The predicted octanol–water partition coefficient (Wildman–Crippen LogP) is 4.07. The fourth-order valence-corrected chi connectivity index (χ4v) is 2.68. The average molecular weight is 335 g/mol. The van der Waals surface area contributed by atoms with E-state index in [1.165, 1.54) is 24.7 Å². The molecule has 0 unspecified atom stereocenters. The number of aromatic nitrogens is 2. The molecule has 25 heavy (non-hydrogen) atoms. The van der Waals surface area contributed by atoms with Gasteiger partial charge in [0.25, 0.3) is 5.91 Å². The first-order valence-corrected chi connectivity index (χ1v) is 7.74. The van der Waals surface area contributed by atoms with Crippen molar-refractivity contribution in [3.8, 4) is 0 Å². The van der Waals surface area contributed by atoms with E-state index in [1.54, 1.807) is 22.9 Å². The Labute approximate surface area is 142 Å². The standard InChI is InChI=1S/C19H14FN3O2/c20-15-7-5-13(6-8-15)11-23-17-4-2-1-3-16(17)18(22-23)21-19(24)14-9-10-25-12-14/h1-10,12H,11H2,(H,21,22,24). The van der Waals surface area contributed by atoms with Crippen LogP contribution in [0.15, 0.2) is 71.5 Å². The van der Waals surface area contributed by atoms with Crippen molar-refractivity contribution in [3.63, 3.8) is 0 Å². The topological polar surface area (TPSA) is 60.1 Å². The molecule has 4 aromatic rings. The molecule has 0 atom stereocenters. The summed E-state index contributed by atoms with van der Waals surface area (Å²) in [6.07, 6.45) is 2.83. The predicted molar refractivity (Wildman–Crippen MR) is 91.9 cm³/mol. The van der Waals surface area contributed by atoms with Crippen LogP contribution >= 0.6 is 0 Å². The molecule has 2 aromatic carbocycles. The first-order valence-electron chi connectivity index (χ1n) is 7.74. The summed E-state index contributed by atoms with van der Waals surface area (Å²) < 4.78 is 19.8. The smallest absolute Gasteiger partial charge is 0.260 e. The number of halogens is 1. The zero-order valence-corrected chi connectivity index (χ0v) is 13.1. The van der Waals surface area contributed by atoms with E-state index >= 15 is 0 Å². The first-order chi connectivity index (χ1) is 12.2. The fourth-order valence-electron chi connectivity index (χ4n) is 2.68. The molecule has 0 radical (unpaired) electrons. The van der Waals surface area contributed by atoms with E-state index in [4.69, 9.17) is 4.42 Å². The molecule has 4 rings (SSSR count). The van der Waals surface area contributed by atoms with Gasteiger partial charge in [0.2, 0.25) is 0 Å². The van der Waals surface area contributed by atoms with E-state index in [0.717, 1.165) is 16.5 Å². The number of furan rings is 1. The number of carbonyl (C=O) groups is 1. The van der Waals surface area contributed by atoms with Gasteiger partial charge in [-0.1, -0.05) is 24.3 Å². The molecule has 124 valence electrons.